The number of benzene rings is 1. The van der Waals surface area contributed by atoms with Crippen molar-refractivity contribution in [1.82, 2.24) is 10.2 Å². The lowest BCUT2D eigenvalue weighted by Gasteiger charge is -2.34. The molecule has 1 fully saturated rings. The summed E-state index contributed by atoms with van der Waals surface area (Å²) in [5, 5.41) is 3.29. The molecule has 0 bridgehead atoms. The fraction of sp³-hybridized carbons (Fsp3) is 0.600. The number of nitrogens with zero attached hydrogens (tertiary/aromatic N) is 1. The maximum atomic E-state index is 13.6. The largest absolute Gasteiger partial charge is 0.317 e. The molecule has 1 atom stereocenters. The fourth-order valence-electron chi connectivity index (χ4n) is 2.76. The van der Waals surface area contributed by atoms with Crippen molar-refractivity contribution in [2.75, 3.05) is 20.1 Å². The van der Waals surface area contributed by atoms with E-state index in [0.29, 0.717) is 24.1 Å². The van der Waals surface area contributed by atoms with Crippen LogP contribution in [0.3, 0.4) is 0 Å². The highest BCUT2D eigenvalue weighted by atomic mass is 19.2. The molecule has 1 saturated heterocycles. The van der Waals surface area contributed by atoms with Gasteiger partial charge in [-0.3, -0.25) is 4.90 Å². The summed E-state index contributed by atoms with van der Waals surface area (Å²) in [5.41, 5.74) is 0.458. The standard InChI is InChI=1S/C15H22F2N2/c1-11(18-2)12-6-8-19(9-7-12)10-13-4-3-5-14(16)15(13)17/h3-5,11-12,18H,6-10H2,1-2H3. The van der Waals surface area contributed by atoms with E-state index in [4.69, 9.17) is 0 Å². The molecule has 1 unspecified atom stereocenters. The lowest BCUT2D eigenvalue weighted by molar-refractivity contribution is 0.157. The molecule has 1 aliphatic heterocycles. The summed E-state index contributed by atoms with van der Waals surface area (Å²) in [4.78, 5) is 2.21. The van der Waals surface area contributed by atoms with Crippen LogP contribution in [0.4, 0.5) is 8.78 Å². The van der Waals surface area contributed by atoms with Crippen LogP contribution in [-0.2, 0) is 6.54 Å². The second-order valence-corrected chi connectivity index (χ2v) is 5.40. The van der Waals surface area contributed by atoms with Gasteiger partial charge in [0.25, 0.3) is 0 Å². The Kier molecular flexibility index (Phi) is 4.88. The van der Waals surface area contributed by atoms with Crippen molar-refractivity contribution in [2.45, 2.75) is 32.4 Å². The number of hydrogen-bond acceptors (Lipinski definition) is 2. The number of likely N-dealkylation sites (tertiary alicyclic amines) is 1. The highest BCUT2D eigenvalue weighted by Crippen LogP contribution is 2.22. The molecule has 4 heteroatoms. The van der Waals surface area contributed by atoms with Crippen molar-refractivity contribution >= 4 is 0 Å². The second kappa shape index (κ2) is 6.44. The number of rotatable bonds is 4. The third-order valence-corrected chi connectivity index (χ3v) is 4.22. The molecular formula is C15H22F2N2. The quantitative estimate of drug-likeness (QED) is 0.903. The molecule has 1 aliphatic rings. The summed E-state index contributed by atoms with van der Waals surface area (Å²) >= 11 is 0. The van der Waals surface area contributed by atoms with Crippen molar-refractivity contribution in [3.8, 4) is 0 Å². The minimum atomic E-state index is -0.754. The zero-order chi connectivity index (χ0) is 13.8. The minimum Gasteiger partial charge on any atom is -0.317 e. The Hall–Kier alpha value is -1.00. The highest BCUT2D eigenvalue weighted by Gasteiger charge is 2.23. The number of nitrogens with one attached hydrogen (secondary N) is 1. The van der Waals surface area contributed by atoms with Crippen LogP contribution in [0.5, 0.6) is 0 Å². The molecule has 0 radical (unpaired) electrons. The van der Waals surface area contributed by atoms with E-state index in [-0.39, 0.29) is 0 Å². The average Bonchev–Trinajstić information content (AvgIpc) is 2.44. The molecule has 0 spiro atoms. The topological polar surface area (TPSA) is 15.3 Å². The first-order valence-corrected chi connectivity index (χ1v) is 6.94. The van der Waals surface area contributed by atoms with Gasteiger partial charge in [-0.25, -0.2) is 8.78 Å². The van der Waals surface area contributed by atoms with Gasteiger partial charge >= 0.3 is 0 Å². The van der Waals surface area contributed by atoms with Crippen LogP contribution < -0.4 is 5.32 Å². The predicted molar refractivity (Wildman–Crippen MR) is 72.9 cm³/mol. The monoisotopic (exact) mass is 268 g/mol. The van der Waals surface area contributed by atoms with Gasteiger partial charge in [0.15, 0.2) is 11.6 Å². The second-order valence-electron chi connectivity index (χ2n) is 5.40. The number of halogens is 2. The van der Waals surface area contributed by atoms with Crippen LogP contribution in [0.1, 0.15) is 25.3 Å². The Morgan fingerprint density at radius 2 is 2.00 bits per heavy atom. The molecule has 106 valence electrons. The van der Waals surface area contributed by atoms with E-state index < -0.39 is 11.6 Å². The maximum absolute atomic E-state index is 13.6. The Balaban J connectivity index is 1.90. The van der Waals surface area contributed by atoms with Crippen molar-refractivity contribution in [3.05, 3.63) is 35.4 Å². The normalized spacial score (nSPS) is 19.6. The predicted octanol–water partition coefficient (Wildman–Crippen LogP) is 2.78. The zero-order valence-corrected chi connectivity index (χ0v) is 11.6. The van der Waals surface area contributed by atoms with E-state index in [2.05, 4.69) is 17.1 Å². The Morgan fingerprint density at radius 1 is 1.32 bits per heavy atom. The van der Waals surface area contributed by atoms with Gasteiger partial charge in [-0.2, -0.15) is 0 Å². The Bertz CT molecular complexity index is 415. The number of hydrogen-bond donors (Lipinski definition) is 1. The number of piperidine rings is 1. The van der Waals surface area contributed by atoms with Gasteiger partial charge in [0.05, 0.1) is 0 Å². The zero-order valence-electron chi connectivity index (χ0n) is 11.6. The molecule has 1 heterocycles. The maximum Gasteiger partial charge on any atom is 0.163 e. The molecule has 2 rings (SSSR count). The molecular weight excluding hydrogens is 246 g/mol. The molecule has 1 aromatic carbocycles. The van der Waals surface area contributed by atoms with Crippen LogP contribution >= 0.6 is 0 Å². The summed E-state index contributed by atoms with van der Waals surface area (Å²) in [6.07, 6.45) is 2.22. The fourth-order valence-corrected chi connectivity index (χ4v) is 2.76. The van der Waals surface area contributed by atoms with E-state index in [1.54, 1.807) is 12.1 Å². The molecule has 0 amide bonds. The van der Waals surface area contributed by atoms with Gasteiger partial charge in [-0.05, 0) is 51.9 Å². The van der Waals surface area contributed by atoms with Crippen LogP contribution in [0, 0.1) is 17.6 Å². The first-order chi connectivity index (χ1) is 9.11. The summed E-state index contributed by atoms with van der Waals surface area (Å²) in [6.45, 7) is 4.61. The van der Waals surface area contributed by atoms with Crippen LogP contribution in [-0.4, -0.2) is 31.1 Å². The Morgan fingerprint density at radius 3 is 2.63 bits per heavy atom. The first-order valence-electron chi connectivity index (χ1n) is 6.94. The SMILES string of the molecule is CNC(C)C1CCN(Cc2cccc(F)c2F)CC1. The molecule has 0 aromatic heterocycles. The van der Waals surface area contributed by atoms with Gasteiger partial charge in [0.1, 0.15) is 0 Å². The van der Waals surface area contributed by atoms with E-state index >= 15 is 0 Å². The highest BCUT2D eigenvalue weighted by molar-refractivity contribution is 5.18. The molecule has 0 saturated carbocycles. The summed E-state index contributed by atoms with van der Waals surface area (Å²) < 4.78 is 26.7. The lowest BCUT2D eigenvalue weighted by atomic mass is 9.90. The van der Waals surface area contributed by atoms with Crippen LogP contribution in [0.15, 0.2) is 18.2 Å². The molecule has 0 aliphatic carbocycles. The van der Waals surface area contributed by atoms with Crippen LogP contribution in [0.2, 0.25) is 0 Å². The first kappa shape index (κ1) is 14.4. The average molecular weight is 268 g/mol. The summed E-state index contributed by atoms with van der Waals surface area (Å²) in [6, 6.07) is 4.93. The molecule has 1 N–H and O–H groups in total. The van der Waals surface area contributed by atoms with Crippen molar-refractivity contribution in [2.24, 2.45) is 5.92 Å². The third kappa shape index (κ3) is 3.51. The molecule has 2 nitrogen and oxygen atoms in total. The third-order valence-electron chi connectivity index (χ3n) is 4.22. The lowest BCUT2D eigenvalue weighted by Crippen LogP contribution is -2.40. The van der Waals surface area contributed by atoms with E-state index in [0.717, 1.165) is 25.9 Å². The van der Waals surface area contributed by atoms with Gasteiger partial charge in [-0.1, -0.05) is 12.1 Å². The molecule has 19 heavy (non-hydrogen) atoms. The van der Waals surface area contributed by atoms with Gasteiger partial charge in [0, 0.05) is 18.2 Å². The summed E-state index contributed by atoms with van der Waals surface area (Å²) in [5.74, 6) is -0.775. The Labute approximate surface area is 113 Å². The van der Waals surface area contributed by atoms with E-state index in [1.165, 1.54) is 6.07 Å². The van der Waals surface area contributed by atoms with Crippen LogP contribution in [0.25, 0.3) is 0 Å². The molecule has 1 aromatic rings. The van der Waals surface area contributed by atoms with Gasteiger partial charge < -0.3 is 5.32 Å². The van der Waals surface area contributed by atoms with Crippen molar-refractivity contribution in [3.63, 3.8) is 0 Å². The minimum absolute atomic E-state index is 0.458. The van der Waals surface area contributed by atoms with Crippen molar-refractivity contribution < 1.29 is 8.78 Å². The smallest absolute Gasteiger partial charge is 0.163 e. The van der Waals surface area contributed by atoms with Gasteiger partial charge in [0.2, 0.25) is 0 Å². The summed E-state index contributed by atoms with van der Waals surface area (Å²) in [7, 11) is 1.99. The van der Waals surface area contributed by atoms with E-state index in [1.807, 2.05) is 7.05 Å². The van der Waals surface area contributed by atoms with E-state index in [9.17, 15) is 8.78 Å². The van der Waals surface area contributed by atoms with Gasteiger partial charge in [-0.15, -0.1) is 0 Å². The van der Waals surface area contributed by atoms with Crippen molar-refractivity contribution in [1.29, 1.82) is 0 Å².